The highest BCUT2D eigenvalue weighted by molar-refractivity contribution is 6.34. The number of benzene rings is 2. The van der Waals surface area contributed by atoms with Gasteiger partial charge in [-0.3, -0.25) is 9.78 Å². The molecule has 1 saturated heterocycles. The van der Waals surface area contributed by atoms with Gasteiger partial charge in [-0.25, -0.2) is 13.8 Å². The number of hydrogen-bond donors (Lipinski definition) is 2. The van der Waals surface area contributed by atoms with Gasteiger partial charge in [0.25, 0.3) is 5.56 Å². The maximum Gasteiger partial charge on any atom is 0.258 e. The first-order valence-electron chi connectivity index (χ1n) is 12.0. The van der Waals surface area contributed by atoms with Crippen LogP contribution in [-0.2, 0) is 6.42 Å². The molecule has 0 unspecified atom stereocenters. The Morgan fingerprint density at radius 1 is 1.11 bits per heavy atom. The molecule has 0 spiro atoms. The molecule has 0 radical (unpaired) electrons. The standard InChI is InChI=1S/C27H26ClF2N5O/c1-2-35-7-5-20(6-8-35)32-25-14-24-21(13-22(25)28)27(36)34-26(33-24)9-16-3-4-23(31-15-16)17-10-18(29)12-19(30)11-17/h3-4,10-15,20,32H,2,5-9H2,1H3,(H,33,34,36). The van der Waals surface area contributed by atoms with E-state index in [2.05, 4.69) is 32.1 Å². The van der Waals surface area contributed by atoms with Crippen LogP contribution in [0.1, 0.15) is 31.2 Å². The Balaban J connectivity index is 1.36. The van der Waals surface area contributed by atoms with Gasteiger partial charge in [0.1, 0.15) is 17.5 Å². The Morgan fingerprint density at radius 2 is 1.86 bits per heavy atom. The second-order valence-electron chi connectivity index (χ2n) is 9.10. The summed E-state index contributed by atoms with van der Waals surface area (Å²) in [4.78, 5) is 27.0. The van der Waals surface area contributed by atoms with E-state index in [0.29, 0.717) is 45.5 Å². The molecule has 0 aliphatic carbocycles. The molecule has 9 heteroatoms. The lowest BCUT2D eigenvalue weighted by Crippen LogP contribution is -2.38. The summed E-state index contributed by atoms with van der Waals surface area (Å²) in [6.45, 7) is 5.32. The Morgan fingerprint density at radius 3 is 2.53 bits per heavy atom. The average molecular weight is 510 g/mol. The van der Waals surface area contributed by atoms with Crippen molar-refractivity contribution in [3.63, 3.8) is 0 Å². The van der Waals surface area contributed by atoms with Gasteiger partial charge in [0.15, 0.2) is 0 Å². The summed E-state index contributed by atoms with van der Waals surface area (Å²) < 4.78 is 27.1. The number of aromatic nitrogens is 3. The normalized spacial score (nSPS) is 14.9. The van der Waals surface area contributed by atoms with Crippen molar-refractivity contribution >= 4 is 28.2 Å². The van der Waals surface area contributed by atoms with E-state index in [1.165, 1.54) is 12.1 Å². The van der Waals surface area contributed by atoms with Crippen LogP contribution >= 0.6 is 11.6 Å². The van der Waals surface area contributed by atoms with Gasteiger partial charge in [-0.2, -0.15) is 0 Å². The highest BCUT2D eigenvalue weighted by Crippen LogP contribution is 2.28. The van der Waals surface area contributed by atoms with Gasteiger partial charge in [-0.1, -0.05) is 24.6 Å². The molecule has 5 rings (SSSR count). The minimum Gasteiger partial charge on any atom is -0.381 e. The molecule has 6 nitrogen and oxygen atoms in total. The van der Waals surface area contributed by atoms with Crippen molar-refractivity contribution in [1.82, 2.24) is 19.9 Å². The average Bonchev–Trinajstić information content (AvgIpc) is 2.85. The lowest BCUT2D eigenvalue weighted by Gasteiger charge is -2.32. The number of hydrogen-bond acceptors (Lipinski definition) is 5. The number of likely N-dealkylation sites (tertiary alicyclic amines) is 1. The van der Waals surface area contributed by atoms with E-state index < -0.39 is 11.6 Å². The van der Waals surface area contributed by atoms with Crippen LogP contribution in [0.2, 0.25) is 5.02 Å². The Hall–Kier alpha value is -3.36. The molecule has 3 heterocycles. The molecule has 2 aromatic carbocycles. The largest absolute Gasteiger partial charge is 0.381 e. The van der Waals surface area contributed by atoms with Crippen molar-refractivity contribution in [2.45, 2.75) is 32.2 Å². The fourth-order valence-corrected chi connectivity index (χ4v) is 4.83. The number of rotatable bonds is 6. The third-order valence-electron chi connectivity index (χ3n) is 6.59. The van der Waals surface area contributed by atoms with Crippen LogP contribution in [0.5, 0.6) is 0 Å². The van der Waals surface area contributed by atoms with Crippen LogP contribution in [0.15, 0.2) is 53.5 Å². The first-order chi connectivity index (χ1) is 17.4. The summed E-state index contributed by atoms with van der Waals surface area (Å²) in [5.41, 5.74) is 2.68. The highest BCUT2D eigenvalue weighted by atomic mass is 35.5. The van der Waals surface area contributed by atoms with Crippen molar-refractivity contribution in [3.8, 4) is 11.3 Å². The summed E-state index contributed by atoms with van der Waals surface area (Å²) in [5.74, 6) is -0.827. The number of piperidine rings is 1. The molecule has 186 valence electrons. The second kappa shape index (κ2) is 10.3. The van der Waals surface area contributed by atoms with E-state index in [0.717, 1.165) is 49.8 Å². The topological polar surface area (TPSA) is 73.9 Å². The first-order valence-corrected chi connectivity index (χ1v) is 12.4. The van der Waals surface area contributed by atoms with Gasteiger partial charge in [0.2, 0.25) is 0 Å². The third-order valence-corrected chi connectivity index (χ3v) is 6.90. The summed E-state index contributed by atoms with van der Waals surface area (Å²) in [6.07, 6.45) is 4.01. The molecule has 0 bridgehead atoms. The van der Waals surface area contributed by atoms with Crippen molar-refractivity contribution in [1.29, 1.82) is 0 Å². The molecule has 36 heavy (non-hydrogen) atoms. The number of fused-ring (bicyclic) bond motifs is 1. The molecule has 1 aliphatic heterocycles. The van der Waals surface area contributed by atoms with Gasteiger partial charge in [0, 0.05) is 43.4 Å². The number of nitrogens with one attached hydrogen (secondary N) is 2. The maximum absolute atomic E-state index is 13.5. The number of nitrogens with zero attached hydrogens (tertiary/aromatic N) is 3. The van der Waals surface area contributed by atoms with Gasteiger partial charge in [-0.05, 0) is 55.3 Å². The van der Waals surface area contributed by atoms with Crippen LogP contribution in [-0.4, -0.2) is 45.5 Å². The van der Waals surface area contributed by atoms with Crippen LogP contribution in [0.25, 0.3) is 22.2 Å². The molecule has 1 fully saturated rings. The Bertz CT molecular complexity index is 1430. The zero-order valence-corrected chi connectivity index (χ0v) is 20.6. The molecule has 0 atom stereocenters. The number of aromatic amines is 1. The summed E-state index contributed by atoms with van der Waals surface area (Å²) in [5, 5.41) is 4.45. The van der Waals surface area contributed by atoms with Gasteiger partial charge in [-0.15, -0.1) is 0 Å². The lowest BCUT2D eigenvalue weighted by molar-refractivity contribution is 0.229. The maximum atomic E-state index is 13.5. The third kappa shape index (κ3) is 5.39. The van der Waals surface area contributed by atoms with Crippen molar-refractivity contribution in [2.75, 3.05) is 25.0 Å². The van der Waals surface area contributed by atoms with Gasteiger partial charge < -0.3 is 15.2 Å². The molecule has 0 saturated carbocycles. The summed E-state index contributed by atoms with van der Waals surface area (Å²) in [6, 6.07) is 10.6. The van der Waals surface area contributed by atoms with Crippen LogP contribution in [0, 0.1) is 11.6 Å². The number of pyridine rings is 1. The van der Waals surface area contributed by atoms with E-state index in [1.807, 2.05) is 6.07 Å². The smallest absolute Gasteiger partial charge is 0.258 e. The van der Waals surface area contributed by atoms with Gasteiger partial charge >= 0.3 is 0 Å². The van der Waals surface area contributed by atoms with Crippen LogP contribution in [0.3, 0.4) is 0 Å². The van der Waals surface area contributed by atoms with Gasteiger partial charge in [0.05, 0.1) is 27.3 Å². The van der Waals surface area contributed by atoms with E-state index in [9.17, 15) is 13.6 Å². The number of H-pyrrole nitrogens is 1. The molecular formula is C27H26ClF2N5O. The minimum atomic E-state index is -0.658. The quantitative estimate of drug-likeness (QED) is 0.364. The van der Waals surface area contributed by atoms with Crippen molar-refractivity contribution in [2.24, 2.45) is 0 Å². The fraction of sp³-hybridized carbons (Fsp3) is 0.296. The molecule has 2 N–H and O–H groups in total. The first kappa shape index (κ1) is 24.3. The zero-order chi connectivity index (χ0) is 25.2. The molecular weight excluding hydrogens is 484 g/mol. The Labute approximate surface area is 212 Å². The highest BCUT2D eigenvalue weighted by Gasteiger charge is 2.19. The zero-order valence-electron chi connectivity index (χ0n) is 19.8. The van der Waals surface area contributed by atoms with Crippen LogP contribution in [0.4, 0.5) is 14.5 Å². The molecule has 1 aliphatic rings. The predicted octanol–water partition coefficient (Wildman–Crippen LogP) is 5.40. The molecule has 0 amide bonds. The van der Waals surface area contributed by atoms with Crippen molar-refractivity contribution < 1.29 is 8.78 Å². The van der Waals surface area contributed by atoms with Crippen LogP contribution < -0.4 is 10.9 Å². The Kier molecular flexibility index (Phi) is 6.98. The fourth-order valence-electron chi connectivity index (χ4n) is 4.61. The minimum absolute atomic E-state index is 0.264. The van der Waals surface area contributed by atoms with E-state index in [1.54, 1.807) is 24.4 Å². The van der Waals surface area contributed by atoms with E-state index in [4.69, 9.17) is 11.6 Å². The van der Waals surface area contributed by atoms with Crippen molar-refractivity contribution in [3.05, 3.63) is 87.1 Å². The number of anilines is 1. The SMILES string of the molecule is CCN1CCC(Nc2cc3nc(Cc4ccc(-c5cc(F)cc(F)c5)nc4)[nH]c(=O)c3cc2Cl)CC1. The molecule has 4 aromatic rings. The second-order valence-corrected chi connectivity index (χ2v) is 9.51. The number of halogens is 3. The summed E-state index contributed by atoms with van der Waals surface area (Å²) >= 11 is 6.50. The van der Waals surface area contributed by atoms with E-state index >= 15 is 0 Å². The summed E-state index contributed by atoms with van der Waals surface area (Å²) in [7, 11) is 0. The lowest BCUT2D eigenvalue weighted by atomic mass is 10.0. The monoisotopic (exact) mass is 509 g/mol. The van der Waals surface area contributed by atoms with E-state index in [-0.39, 0.29) is 5.56 Å². The molecule has 2 aromatic heterocycles. The predicted molar refractivity (Wildman–Crippen MR) is 139 cm³/mol.